The van der Waals surface area contributed by atoms with Crippen molar-refractivity contribution < 1.29 is 22.7 Å². The van der Waals surface area contributed by atoms with Gasteiger partial charge in [-0.05, 0) is 43.2 Å². The van der Waals surface area contributed by atoms with Crippen LogP contribution in [0.2, 0.25) is 5.02 Å². The number of halogens is 1. The fourth-order valence-corrected chi connectivity index (χ4v) is 4.33. The van der Waals surface area contributed by atoms with Gasteiger partial charge in [0.15, 0.2) is 11.5 Å². The molecule has 1 amide bonds. The molecule has 0 radical (unpaired) electrons. The molecule has 9 heteroatoms. The number of methoxy groups -OCH3 is 1. The Morgan fingerprint density at radius 1 is 1.18 bits per heavy atom. The van der Waals surface area contributed by atoms with Crippen molar-refractivity contribution in [3.8, 4) is 11.5 Å². The molecule has 1 saturated carbocycles. The van der Waals surface area contributed by atoms with Gasteiger partial charge < -0.3 is 14.8 Å². The summed E-state index contributed by atoms with van der Waals surface area (Å²) in [6.45, 7) is 0.468. The van der Waals surface area contributed by atoms with E-state index < -0.39 is 15.9 Å². The number of para-hydroxylation sites is 2. The maximum Gasteiger partial charge on any atom is 0.251 e. The fraction of sp³-hybridized carbons (Fsp3) is 0.316. The standard InChI is InChI=1S/C19H21ClN2O5S/c1-26-16-4-2-3-5-17(16)27-11-10-21-19(23)13-6-9-15(20)18(12-13)28(24,25)22-14-7-8-14/h2-6,9,12,14,22H,7-8,10-11H2,1H3,(H,21,23). The number of hydrogen-bond acceptors (Lipinski definition) is 5. The minimum atomic E-state index is -3.75. The third kappa shape index (κ3) is 5.15. The summed E-state index contributed by atoms with van der Waals surface area (Å²) in [5.74, 6) is 0.762. The van der Waals surface area contributed by atoms with E-state index in [0.29, 0.717) is 11.5 Å². The summed E-state index contributed by atoms with van der Waals surface area (Å²) < 4.78 is 38.1. The molecule has 0 atom stereocenters. The van der Waals surface area contributed by atoms with E-state index in [-0.39, 0.29) is 34.7 Å². The summed E-state index contributed by atoms with van der Waals surface area (Å²) in [6.07, 6.45) is 1.62. The summed E-state index contributed by atoms with van der Waals surface area (Å²) in [7, 11) is -2.20. The van der Waals surface area contributed by atoms with Crippen LogP contribution in [0.5, 0.6) is 11.5 Å². The highest BCUT2D eigenvalue weighted by Gasteiger charge is 2.29. The van der Waals surface area contributed by atoms with E-state index in [1.165, 1.54) is 18.2 Å². The molecule has 0 saturated heterocycles. The van der Waals surface area contributed by atoms with Gasteiger partial charge in [-0.15, -0.1) is 0 Å². The Kier molecular flexibility index (Phi) is 6.43. The molecular formula is C19H21ClN2O5S. The van der Waals surface area contributed by atoms with Crippen LogP contribution in [0.1, 0.15) is 23.2 Å². The highest BCUT2D eigenvalue weighted by Crippen LogP contribution is 2.27. The number of benzene rings is 2. The fourth-order valence-electron chi connectivity index (χ4n) is 2.50. The molecule has 0 spiro atoms. The Morgan fingerprint density at radius 2 is 1.89 bits per heavy atom. The van der Waals surface area contributed by atoms with E-state index in [9.17, 15) is 13.2 Å². The second-order valence-electron chi connectivity index (χ2n) is 6.30. The van der Waals surface area contributed by atoms with E-state index in [0.717, 1.165) is 12.8 Å². The molecule has 1 aliphatic rings. The Morgan fingerprint density at radius 3 is 2.57 bits per heavy atom. The van der Waals surface area contributed by atoms with Crippen LogP contribution in [0.25, 0.3) is 0 Å². The number of hydrogen-bond donors (Lipinski definition) is 2. The van der Waals surface area contributed by atoms with E-state index >= 15 is 0 Å². The van der Waals surface area contributed by atoms with Gasteiger partial charge in [0, 0.05) is 11.6 Å². The number of nitrogens with one attached hydrogen (secondary N) is 2. The van der Waals surface area contributed by atoms with Crippen molar-refractivity contribution in [3.05, 3.63) is 53.1 Å². The highest BCUT2D eigenvalue weighted by molar-refractivity contribution is 7.89. The van der Waals surface area contributed by atoms with E-state index in [1.807, 2.05) is 12.1 Å². The monoisotopic (exact) mass is 424 g/mol. The van der Waals surface area contributed by atoms with Crippen LogP contribution in [0.3, 0.4) is 0 Å². The summed E-state index contributed by atoms with van der Waals surface area (Å²) >= 11 is 6.03. The lowest BCUT2D eigenvalue weighted by atomic mass is 10.2. The second kappa shape index (κ2) is 8.81. The second-order valence-corrected chi connectivity index (χ2v) is 8.39. The minimum Gasteiger partial charge on any atom is -0.493 e. The first kappa shape index (κ1) is 20.4. The van der Waals surface area contributed by atoms with Crippen molar-refractivity contribution in [2.45, 2.75) is 23.8 Å². The molecule has 0 heterocycles. The molecular weight excluding hydrogens is 404 g/mol. The first-order valence-corrected chi connectivity index (χ1v) is 10.6. The quantitative estimate of drug-likeness (QED) is 0.603. The SMILES string of the molecule is COc1ccccc1OCCNC(=O)c1ccc(Cl)c(S(=O)(=O)NC2CC2)c1. The molecule has 2 N–H and O–H groups in total. The maximum atomic E-state index is 12.4. The van der Waals surface area contributed by atoms with Crippen LogP contribution in [-0.2, 0) is 10.0 Å². The number of sulfonamides is 1. The van der Waals surface area contributed by atoms with Crippen LogP contribution in [0.15, 0.2) is 47.4 Å². The summed E-state index contributed by atoms with van der Waals surface area (Å²) in [6, 6.07) is 11.3. The van der Waals surface area contributed by atoms with Gasteiger partial charge in [-0.25, -0.2) is 13.1 Å². The lowest BCUT2D eigenvalue weighted by Gasteiger charge is -2.12. The van der Waals surface area contributed by atoms with Crippen molar-refractivity contribution in [1.82, 2.24) is 10.0 Å². The molecule has 3 rings (SSSR count). The van der Waals surface area contributed by atoms with E-state index in [4.69, 9.17) is 21.1 Å². The van der Waals surface area contributed by atoms with Crippen LogP contribution in [0, 0.1) is 0 Å². The predicted molar refractivity (Wildman–Crippen MR) is 106 cm³/mol. The largest absolute Gasteiger partial charge is 0.493 e. The Bertz CT molecular complexity index is 961. The van der Waals surface area contributed by atoms with Crippen molar-refractivity contribution in [1.29, 1.82) is 0 Å². The average Bonchev–Trinajstić information content (AvgIpc) is 3.48. The normalized spacial score (nSPS) is 13.8. The minimum absolute atomic E-state index is 0.0503. The molecule has 0 aliphatic heterocycles. The first-order chi connectivity index (χ1) is 13.4. The molecule has 2 aromatic rings. The third-order valence-corrected chi connectivity index (χ3v) is 6.10. The molecule has 7 nitrogen and oxygen atoms in total. The number of ether oxygens (including phenoxy) is 2. The van der Waals surface area contributed by atoms with Gasteiger partial charge in [0.05, 0.1) is 18.7 Å². The highest BCUT2D eigenvalue weighted by atomic mass is 35.5. The van der Waals surface area contributed by atoms with Crippen LogP contribution < -0.4 is 19.5 Å². The van der Waals surface area contributed by atoms with Crippen molar-refractivity contribution in [2.75, 3.05) is 20.3 Å². The van der Waals surface area contributed by atoms with Gasteiger partial charge in [-0.3, -0.25) is 4.79 Å². The smallest absolute Gasteiger partial charge is 0.251 e. The van der Waals surface area contributed by atoms with Crippen molar-refractivity contribution in [2.24, 2.45) is 0 Å². The van der Waals surface area contributed by atoms with E-state index in [2.05, 4.69) is 10.0 Å². The molecule has 0 unspecified atom stereocenters. The van der Waals surface area contributed by atoms with E-state index in [1.54, 1.807) is 19.2 Å². The van der Waals surface area contributed by atoms with Gasteiger partial charge in [0.25, 0.3) is 5.91 Å². The zero-order valence-electron chi connectivity index (χ0n) is 15.3. The summed E-state index contributed by atoms with van der Waals surface area (Å²) in [4.78, 5) is 12.3. The van der Waals surface area contributed by atoms with Gasteiger partial charge in [-0.2, -0.15) is 0 Å². The maximum absolute atomic E-state index is 12.4. The van der Waals surface area contributed by atoms with Gasteiger partial charge in [0.2, 0.25) is 10.0 Å². The number of rotatable bonds is 9. The number of carbonyl (C=O) groups is 1. The third-order valence-electron chi connectivity index (χ3n) is 4.10. The predicted octanol–water partition coefficient (Wildman–Crippen LogP) is 2.60. The number of amides is 1. The van der Waals surface area contributed by atoms with Gasteiger partial charge in [-0.1, -0.05) is 23.7 Å². The van der Waals surface area contributed by atoms with Crippen LogP contribution in [0.4, 0.5) is 0 Å². The van der Waals surface area contributed by atoms with Crippen LogP contribution >= 0.6 is 11.6 Å². The summed E-state index contributed by atoms with van der Waals surface area (Å²) in [5.41, 5.74) is 0.206. The molecule has 0 aromatic heterocycles. The first-order valence-electron chi connectivity index (χ1n) is 8.76. The Balaban J connectivity index is 1.59. The molecule has 150 valence electrons. The Hall–Kier alpha value is -2.29. The van der Waals surface area contributed by atoms with Gasteiger partial charge in [0.1, 0.15) is 11.5 Å². The summed E-state index contributed by atoms with van der Waals surface area (Å²) in [5, 5.41) is 2.77. The molecule has 28 heavy (non-hydrogen) atoms. The zero-order chi connectivity index (χ0) is 20.1. The molecule has 1 fully saturated rings. The molecule has 1 aliphatic carbocycles. The average molecular weight is 425 g/mol. The lowest BCUT2D eigenvalue weighted by molar-refractivity contribution is 0.0946. The zero-order valence-corrected chi connectivity index (χ0v) is 16.8. The van der Waals surface area contributed by atoms with Crippen LogP contribution in [-0.4, -0.2) is 40.6 Å². The topological polar surface area (TPSA) is 93.7 Å². The molecule has 2 aromatic carbocycles. The van der Waals surface area contributed by atoms with Crippen molar-refractivity contribution >= 4 is 27.5 Å². The van der Waals surface area contributed by atoms with Crippen molar-refractivity contribution in [3.63, 3.8) is 0 Å². The van der Waals surface area contributed by atoms with Gasteiger partial charge >= 0.3 is 0 Å². The Labute approximate surface area is 169 Å². The number of carbonyl (C=O) groups excluding carboxylic acids is 1. The lowest BCUT2D eigenvalue weighted by Crippen LogP contribution is -2.29. The molecule has 0 bridgehead atoms.